The van der Waals surface area contributed by atoms with Gasteiger partial charge in [-0.15, -0.1) is 0 Å². The van der Waals surface area contributed by atoms with Crippen LogP contribution in [-0.4, -0.2) is 11.8 Å². The predicted molar refractivity (Wildman–Crippen MR) is 68.9 cm³/mol. The van der Waals surface area contributed by atoms with Crippen LogP contribution in [0.1, 0.15) is 15.9 Å². The van der Waals surface area contributed by atoms with Crippen molar-refractivity contribution in [2.24, 2.45) is 10.9 Å². The molecule has 0 aliphatic carbocycles. The Kier molecular flexibility index (Phi) is 4.05. The van der Waals surface area contributed by atoms with Gasteiger partial charge in [-0.25, -0.2) is 13.6 Å². The Bertz CT molecular complexity index is 637. The normalized spacial score (nSPS) is 11.2. The summed E-state index contributed by atoms with van der Waals surface area (Å²) in [5, 5.41) is 3.45. The van der Waals surface area contributed by atoms with Crippen LogP contribution in [0.15, 0.2) is 53.7 Å². The second-order valence-electron chi connectivity index (χ2n) is 3.87. The van der Waals surface area contributed by atoms with E-state index in [0.29, 0.717) is 5.56 Å². The maximum Gasteiger partial charge on any atom is 0.365 e. The first-order valence-corrected chi connectivity index (χ1v) is 5.62. The van der Waals surface area contributed by atoms with Crippen LogP contribution >= 0.6 is 0 Å². The number of oxime groups is 1. The molecule has 2 rings (SSSR count). The average molecular weight is 276 g/mol. The Morgan fingerprint density at radius 1 is 0.900 bits per heavy atom. The first-order chi connectivity index (χ1) is 9.56. The van der Waals surface area contributed by atoms with Crippen molar-refractivity contribution in [2.45, 2.75) is 0 Å². The summed E-state index contributed by atoms with van der Waals surface area (Å²) in [5.74, 6) is -1.71. The minimum Gasteiger partial charge on any atom is -0.380 e. The summed E-state index contributed by atoms with van der Waals surface area (Å²) in [7, 11) is 0. The Morgan fingerprint density at radius 2 is 1.35 bits per heavy atom. The predicted octanol–water partition coefficient (Wildman–Crippen LogP) is 2.44. The number of benzene rings is 2. The maximum absolute atomic E-state index is 12.7. The van der Waals surface area contributed by atoms with Crippen LogP contribution in [0, 0.1) is 11.6 Å². The minimum absolute atomic E-state index is 0.0690. The number of hydrogen-bond acceptors (Lipinski definition) is 3. The molecule has 0 amide bonds. The fourth-order valence-electron chi connectivity index (χ4n) is 1.40. The molecule has 0 radical (unpaired) electrons. The van der Waals surface area contributed by atoms with E-state index in [0.717, 1.165) is 12.1 Å². The highest BCUT2D eigenvalue weighted by atomic mass is 19.1. The van der Waals surface area contributed by atoms with E-state index >= 15 is 0 Å². The highest BCUT2D eigenvalue weighted by Crippen LogP contribution is 2.06. The van der Waals surface area contributed by atoms with Crippen LogP contribution in [0.5, 0.6) is 0 Å². The van der Waals surface area contributed by atoms with Crippen LogP contribution in [0.25, 0.3) is 0 Å². The number of carbonyl (C=O) groups is 1. The summed E-state index contributed by atoms with van der Waals surface area (Å²) < 4.78 is 25.4. The molecule has 0 saturated carbocycles. The van der Waals surface area contributed by atoms with E-state index in [-0.39, 0.29) is 11.4 Å². The molecule has 4 nitrogen and oxygen atoms in total. The zero-order chi connectivity index (χ0) is 14.5. The zero-order valence-corrected chi connectivity index (χ0v) is 10.2. The third-order valence-electron chi connectivity index (χ3n) is 2.45. The van der Waals surface area contributed by atoms with Gasteiger partial charge in [-0.2, -0.15) is 0 Å². The quantitative estimate of drug-likeness (QED) is 0.405. The average Bonchev–Trinajstić information content (AvgIpc) is 2.46. The third kappa shape index (κ3) is 3.38. The number of amidine groups is 1. The van der Waals surface area contributed by atoms with Gasteiger partial charge >= 0.3 is 5.97 Å². The van der Waals surface area contributed by atoms with Gasteiger partial charge in [0, 0.05) is 5.56 Å². The molecule has 0 heterocycles. The molecule has 2 aromatic rings. The topological polar surface area (TPSA) is 64.7 Å². The van der Waals surface area contributed by atoms with Crippen molar-refractivity contribution in [1.29, 1.82) is 0 Å². The third-order valence-corrected chi connectivity index (χ3v) is 2.45. The van der Waals surface area contributed by atoms with Gasteiger partial charge in [0.05, 0.1) is 5.56 Å². The van der Waals surface area contributed by atoms with Crippen molar-refractivity contribution < 1.29 is 18.4 Å². The summed E-state index contributed by atoms with van der Waals surface area (Å²) in [6.07, 6.45) is 0. The van der Waals surface area contributed by atoms with E-state index < -0.39 is 17.6 Å². The summed E-state index contributed by atoms with van der Waals surface area (Å²) in [6.45, 7) is 0. The highest BCUT2D eigenvalue weighted by Gasteiger charge is 2.08. The monoisotopic (exact) mass is 276 g/mol. The molecule has 0 atom stereocenters. The number of nitrogens with two attached hydrogens (primary N) is 1. The Labute approximate surface area is 113 Å². The van der Waals surface area contributed by atoms with E-state index in [1.54, 1.807) is 0 Å². The highest BCUT2D eigenvalue weighted by molar-refractivity contribution is 5.98. The minimum atomic E-state index is -0.768. The molecular weight excluding hydrogens is 266 g/mol. The molecule has 0 aromatic heterocycles. The molecule has 0 unspecified atom stereocenters. The second kappa shape index (κ2) is 5.92. The van der Waals surface area contributed by atoms with Crippen molar-refractivity contribution in [3.8, 4) is 0 Å². The van der Waals surface area contributed by atoms with Crippen molar-refractivity contribution >= 4 is 11.8 Å². The SMILES string of the molecule is N/C(=N\OC(=O)c1ccc(F)cc1)c1ccc(F)cc1. The molecule has 0 aliphatic rings. The lowest BCUT2D eigenvalue weighted by molar-refractivity contribution is 0.0516. The van der Waals surface area contributed by atoms with E-state index in [1.807, 2.05) is 0 Å². The molecule has 102 valence electrons. The molecule has 2 aromatic carbocycles. The van der Waals surface area contributed by atoms with Crippen LogP contribution < -0.4 is 5.73 Å². The summed E-state index contributed by atoms with van der Waals surface area (Å²) in [5.41, 5.74) is 6.14. The lowest BCUT2D eigenvalue weighted by Gasteiger charge is -2.01. The molecule has 6 heteroatoms. The van der Waals surface area contributed by atoms with Gasteiger partial charge in [0.25, 0.3) is 0 Å². The first-order valence-electron chi connectivity index (χ1n) is 5.62. The molecule has 0 aliphatic heterocycles. The van der Waals surface area contributed by atoms with Crippen molar-refractivity contribution in [2.75, 3.05) is 0 Å². The first kappa shape index (κ1) is 13.7. The van der Waals surface area contributed by atoms with Gasteiger partial charge in [-0.1, -0.05) is 5.16 Å². The van der Waals surface area contributed by atoms with Gasteiger partial charge in [0.15, 0.2) is 5.84 Å². The molecular formula is C14H10F2N2O2. The molecule has 20 heavy (non-hydrogen) atoms. The van der Waals surface area contributed by atoms with E-state index in [2.05, 4.69) is 9.99 Å². The maximum atomic E-state index is 12.7. The lowest BCUT2D eigenvalue weighted by atomic mass is 10.2. The van der Waals surface area contributed by atoms with Gasteiger partial charge in [-0.05, 0) is 48.5 Å². The smallest absolute Gasteiger partial charge is 0.365 e. The Balaban J connectivity index is 2.06. The van der Waals surface area contributed by atoms with E-state index in [9.17, 15) is 13.6 Å². The Hall–Kier alpha value is -2.76. The van der Waals surface area contributed by atoms with Crippen LogP contribution in [-0.2, 0) is 4.84 Å². The summed E-state index contributed by atoms with van der Waals surface area (Å²) in [6, 6.07) is 10.0. The molecule has 0 bridgehead atoms. The van der Waals surface area contributed by atoms with Gasteiger partial charge < -0.3 is 10.6 Å². The fraction of sp³-hybridized carbons (Fsp3) is 0. The van der Waals surface area contributed by atoms with Gasteiger partial charge in [-0.3, -0.25) is 0 Å². The summed E-state index contributed by atoms with van der Waals surface area (Å²) in [4.78, 5) is 16.2. The number of carbonyl (C=O) groups excluding carboxylic acids is 1. The van der Waals surface area contributed by atoms with Crippen LogP contribution in [0.3, 0.4) is 0 Å². The van der Waals surface area contributed by atoms with Crippen LogP contribution in [0.2, 0.25) is 0 Å². The van der Waals surface area contributed by atoms with Crippen molar-refractivity contribution in [3.63, 3.8) is 0 Å². The van der Waals surface area contributed by atoms with Gasteiger partial charge in [0.2, 0.25) is 0 Å². The van der Waals surface area contributed by atoms with Gasteiger partial charge in [0.1, 0.15) is 11.6 Å². The van der Waals surface area contributed by atoms with E-state index in [4.69, 9.17) is 5.73 Å². The second-order valence-corrected chi connectivity index (χ2v) is 3.87. The van der Waals surface area contributed by atoms with Crippen molar-refractivity contribution in [1.82, 2.24) is 0 Å². The molecule has 0 spiro atoms. The molecule has 0 fully saturated rings. The zero-order valence-electron chi connectivity index (χ0n) is 10.2. The van der Waals surface area contributed by atoms with E-state index in [1.165, 1.54) is 36.4 Å². The Morgan fingerprint density at radius 3 is 1.85 bits per heavy atom. The number of rotatable bonds is 3. The largest absolute Gasteiger partial charge is 0.380 e. The van der Waals surface area contributed by atoms with Crippen molar-refractivity contribution in [3.05, 3.63) is 71.3 Å². The number of nitrogens with zero attached hydrogens (tertiary/aromatic N) is 1. The molecule has 0 saturated heterocycles. The molecule has 2 N–H and O–H groups in total. The summed E-state index contributed by atoms with van der Waals surface area (Å²) >= 11 is 0. The van der Waals surface area contributed by atoms with Crippen LogP contribution in [0.4, 0.5) is 8.78 Å². The standard InChI is InChI=1S/C14H10F2N2O2/c15-11-5-1-9(2-6-11)13(17)18-20-14(19)10-3-7-12(16)8-4-10/h1-8H,(H2,17,18). The number of halogens is 2. The number of hydrogen-bond donors (Lipinski definition) is 1. The fourth-order valence-corrected chi connectivity index (χ4v) is 1.40. The lowest BCUT2D eigenvalue weighted by Crippen LogP contribution is -2.15.